The summed E-state index contributed by atoms with van der Waals surface area (Å²) >= 11 is 0. The summed E-state index contributed by atoms with van der Waals surface area (Å²) in [4.78, 5) is 10.5. The van der Waals surface area contributed by atoms with Gasteiger partial charge in [-0.25, -0.2) is 4.79 Å². The number of aliphatic carboxylic acids is 1. The molecule has 4 nitrogen and oxygen atoms in total. The Hall–Kier alpha value is -1.55. The molecule has 1 N–H and O–H groups in total. The zero-order valence-corrected chi connectivity index (χ0v) is 7.64. The first-order valence-corrected chi connectivity index (χ1v) is 4.24. The van der Waals surface area contributed by atoms with Crippen LogP contribution in [0.2, 0.25) is 0 Å². The van der Waals surface area contributed by atoms with E-state index in [1.807, 2.05) is 12.1 Å². The summed E-state index contributed by atoms with van der Waals surface area (Å²) in [6.45, 7) is 0. The topological polar surface area (TPSA) is 59.1 Å². The van der Waals surface area contributed by atoms with Gasteiger partial charge in [-0.05, 0) is 17.7 Å². The molecule has 2 rings (SSSR count). The Balaban J connectivity index is 2.08. The predicted octanol–water partition coefficient (Wildman–Crippen LogP) is 1.22. The summed E-state index contributed by atoms with van der Waals surface area (Å²) in [5.41, 5.74) is 0.873. The van der Waals surface area contributed by atoms with Gasteiger partial charge in [0.05, 0.1) is 7.11 Å². The Morgan fingerprint density at radius 2 is 2.07 bits per heavy atom. The zero-order valence-electron chi connectivity index (χ0n) is 7.64. The van der Waals surface area contributed by atoms with Crippen molar-refractivity contribution >= 4 is 5.97 Å². The number of rotatable bonds is 3. The second kappa shape index (κ2) is 3.31. The van der Waals surface area contributed by atoms with Crippen LogP contribution in [0.15, 0.2) is 24.3 Å². The number of methoxy groups -OCH3 is 1. The van der Waals surface area contributed by atoms with Gasteiger partial charge in [-0.3, -0.25) is 0 Å². The first kappa shape index (κ1) is 9.02. The van der Waals surface area contributed by atoms with Crippen LogP contribution < -0.4 is 4.74 Å². The molecule has 1 saturated heterocycles. The fourth-order valence-corrected chi connectivity index (χ4v) is 1.35. The average Bonchev–Trinajstić information content (AvgIpc) is 2.97. The van der Waals surface area contributed by atoms with Crippen LogP contribution in [0, 0.1) is 0 Å². The van der Waals surface area contributed by atoms with Crippen molar-refractivity contribution in [2.45, 2.75) is 12.2 Å². The van der Waals surface area contributed by atoms with Crippen molar-refractivity contribution in [1.82, 2.24) is 0 Å². The maximum absolute atomic E-state index is 10.5. The van der Waals surface area contributed by atoms with Gasteiger partial charge in [-0.2, -0.15) is 0 Å². The summed E-state index contributed by atoms with van der Waals surface area (Å²) in [6, 6.07) is 7.20. The molecule has 0 unspecified atom stereocenters. The van der Waals surface area contributed by atoms with Gasteiger partial charge in [-0.15, -0.1) is 0 Å². The van der Waals surface area contributed by atoms with Crippen LogP contribution in [0.5, 0.6) is 5.75 Å². The lowest BCUT2D eigenvalue weighted by molar-refractivity contribution is -0.138. The molecular weight excluding hydrogens is 184 g/mol. The molecule has 1 fully saturated rings. The van der Waals surface area contributed by atoms with Gasteiger partial charge in [0.25, 0.3) is 0 Å². The third kappa shape index (κ3) is 1.56. The first-order chi connectivity index (χ1) is 6.72. The molecule has 14 heavy (non-hydrogen) atoms. The average molecular weight is 194 g/mol. The van der Waals surface area contributed by atoms with Crippen LogP contribution in [-0.2, 0) is 9.53 Å². The monoisotopic (exact) mass is 194 g/mol. The summed E-state index contributed by atoms with van der Waals surface area (Å²) in [5, 5.41) is 8.64. The number of ether oxygens (including phenoxy) is 2. The molecule has 4 heteroatoms. The molecule has 0 saturated carbocycles. The molecule has 0 spiro atoms. The minimum Gasteiger partial charge on any atom is -0.497 e. The number of epoxide rings is 1. The van der Waals surface area contributed by atoms with Crippen molar-refractivity contribution < 1.29 is 19.4 Å². The van der Waals surface area contributed by atoms with E-state index in [-0.39, 0.29) is 6.10 Å². The number of carboxylic acid groups (broad SMARTS) is 1. The number of benzene rings is 1. The smallest absolute Gasteiger partial charge is 0.335 e. The largest absolute Gasteiger partial charge is 0.497 e. The van der Waals surface area contributed by atoms with Crippen LogP contribution in [0.1, 0.15) is 11.7 Å². The molecule has 0 bridgehead atoms. The number of hydrogen-bond acceptors (Lipinski definition) is 3. The molecule has 1 aliphatic rings. The Morgan fingerprint density at radius 3 is 2.50 bits per heavy atom. The summed E-state index contributed by atoms with van der Waals surface area (Å²) < 4.78 is 9.98. The highest BCUT2D eigenvalue weighted by Gasteiger charge is 2.46. The minimum absolute atomic E-state index is 0.293. The summed E-state index contributed by atoms with van der Waals surface area (Å²) in [5.74, 6) is -0.160. The maximum atomic E-state index is 10.5. The van der Waals surface area contributed by atoms with Crippen molar-refractivity contribution in [2.24, 2.45) is 0 Å². The Kier molecular flexibility index (Phi) is 2.13. The molecule has 0 aliphatic carbocycles. The van der Waals surface area contributed by atoms with Crippen molar-refractivity contribution in [3.63, 3.8) is 0 Å². The Bertz CT molecular complexity index is 344. The second-order valence-corrected chi connectivity index (χ2v) is 3.09. The van der Waals surface area contributed by atoms with E-state index in [0.717, 1.165) is 11.3 Å². The second-order valence-electron chi connectivity index (χ2n) is 3.09. The molecule has 1 aromatic rings. The van der Waals surface area contributed by atoms with E-state index in [2.05, 4.69) is 0 Å². The fourth-order valence-electron chi connectivity index (χ4n) is 1.35. The number of carboxylic acids is 1. The third-order valence-corrected chi connectivity index (χ3v) is 2.18. The SMILES string of the molecule is COc1ccc([C@@H]2O[C@H]2C(=O)O)cc1. The normalized spacial score (nSPS) is 24.4. The van der Waals surface area contributed by atoms with Gasteiger partial charge < -0.3 is 14.6 Å². The van der Waals surface area contributed by atoms with Crippen LogP contribution in [0.4, 0.5) is 0 Å². The molecule has 1 aliphatic heterocycles. The fraction of sp³-hybridized carbons (Fsp3) is 0.300. The lowest BCUT2D eigenvalue weighted by atomic mass is 10.1. The van der Waals surface area contributed by atoms with Crippen LogP contribution in [-0.4, -0.2) is 24.3 Å². The first-order valence-electron chi connectivity index (χ1n) is 4.24. The highest BCUT2D eigenvalue weighted by atomic mass is 16.6. The van der Waals surface area contributed by atoms with Crippen molar-refractivity contribution in [3.8, 4) is 5.75 Å². The number of carbonyl (C=O) groups is 1. The van der Waals surface area contributed by atoms with Crippen LogP contribution >= 0.6 is 0 Å². The maximum Gasteiger partial charge on any atom is 0.335 e. The molecule has 74 valence electrons. The highest BCUT2D eigenvalue weighted by molar-refractivity contribution is 5.76. The molecular formula is C10H10O4. The van der Waals surface area contributed by atoms with E-state index >= 15 is 0 Å². The van der Waals surface area contributed by atoms with E-state index in [0.29, 0.717) is 0 Å². The zero-order chi connectivity index (χ0) is 10.1. The Morgan fingerprint density at radius 1 is 1.43 bits per heavy atom. The molecule has 2 atom stereocenters. The van der Waals surface area contributed by atoms with E-state index < -0.39 is 12.1 Å². The summed E-state index contributed by atoms with van der Waals surface area (Å²) in [7, 11) is 1.59. The standard InChI is InChI=1S/C10H10O4/c1-13-7-4-2-6(3-5-7)8-9(14-8)10(11)12/h2-5,8-9H,1H3,(H,11,12)/t8-,9+/m0/s1. The van der Waals surface area contributed by atoms with Crippen molar-refractivity contribution in [2.75, 3.05) is 7.11 Å². The molecule has 0 radical (unpaired) electrons. The molecule has 0 amide bonds. The minimum atomic E-state index is -0.911. The predicted molar refractivity (Wildman–Crippen MR) is 48.2 cm³/mol. The quantitative estimate of drug-likeness (QED) is 0.735. The van der Waals surface area contributed by atoms with E-state index in [1.165, 1.54) is 0 Å². The van der Waals surface area contributed by atoms with Crippen LogP contribution in [0.3, 0.4) is 0 Å². The van der Waals surface area contributed by atoms with Crippen LogP contribution in [0.25, 0.3) is 0 Å². The molecule has 1 aromatic carbocycles. The Labute approximate surface area is 81.1 Å². The van der Waals surface area contributed by atoms with Gasteiger partial charge in [0.1, 0.15) is 11.9 Å². The van der Waals surface area contributed by atoms with Gasteiger partial charge in [0.2, 0.25) is 0 Å². The molecule has 0 aromatic heterocycles. The molecule has 1 heterocycles. The number of hydrogen-bond donors (Lipinski definition) is 1. The van der Waals surface area contributed by atoms with E-state index in [9.17, 15) is 4.79 Å². The van der Waals surface area contributed by atoms with Crippen molar-refractivity contribution in [3.05, 3.63) is 29.8 Å². The van der Waals surface area contributed by atoms with Gasteiger partial charge >= 0.3 is 5.97 Å². The van der Waals surface area contributed by atoms with E-state index in [4.69, 9.17) is 14.6 Å². The lowest BCUT2D eigenvalue weighted by Gasteiger charge is -1.99. The highest BCUT2D eigenvalue weighted by Crippen LogP contribution is 2.39. The van der Waals surface area contributed by atoms with Gasteiger partial charge in [0, 0.05) is 0 Å². The lowest BCUT2D eigenvalue weighted by Crippen LogP contribution is -2.04. The van der Waals surface area contributed by atoms with Gasteiger partial charge in [-0.1, -0.05) is 12.1 Å². The van der Waals surface area contributed by atoms with E-state index in [1.54, 1.807) is 19.2 Å². The van der Waals surface area contributed by atoms with Gasteiger partial charge in [0.15, 0.2) is 6.10 Å². The van der Waals surface area contributed by atoms with Crippen molar-refractivity contribution in [1.29, 1.82) is 0 Å². The summed E-state index contributed by atoms with van der Waals surface area (Å²) in [6.07, 6.45) is -0.971. The third-order valence-electron chi connectivity index (χ3n) is 2.18.